The lowest BCUT2D eigenvalue weighted by molar-refractivity contribution is 0.636. The predicted molar refractivity (Wildman–Crippen MR) is 70.0 cm³/mol. The highest BCUT2D eigenvalue weighted by Crippen LogP contribution is 2.17. The first-order valence-corrected chi connectivity index (χ1v) is 5.97. The van der Waals surface area contributed by atoms with Gasteiger partial charge in [0.25, 0.3) is 0 Å². The van der Waals surface area contributed by atoms with E-state index in [1.54, 1.807) is 19.2 Å². The number of halogens is 1. The fourth-order valence-corrected chi connectivity index (χ4v) is 1.71. The zero-order chi connectivity index (χ0) is 13.1. The normalized spacial score (nSPS) is 10.6. The molecule has 7 heteroatoms. The maximum absolute atomic E-state index is 11.7. The van der Waals surface area contributed by atoms with E-state index in [4.69, 9.17) is 11.6 Å². The molecular weight excluding hydrogens is 254 g/mol. The average molecular weight is 268 g/mol. The molecule has 96 valence electrons. The molecule has 0 bridgehead atoms. The molecule has 0 saturated heterocycles. The van der Waals surface area contributed by atoms with Crippen molar-refractivity contribution in [3.05, 3.63) is 39.7 Å². The van der Waals surface area contributed by atoms with Crippen molar-refractivity contribution in [1.82, 2.24) is 19.3 Å². The van der Waals surface area contributed by atoms with E-state index in [0.29, 0.717) is 10.7 Å². The molecule has 0 aliphatic rings. The largest absolute Gasteiger partial charge is 0.370 e. The summed E-state index contributed by atoms with van der Waals surface area (Å²) in [6.45, 7) is 3.02. The third-order valence-electron chi connectivity index (χ3n) is 2.46. The van der Waals surface area contributed by atoms with Crippen LogP contribution in [0.1, 0.15) is 12.6 Å². The van der Waals surface area contributed by atoms with E-state index >= 15 is 0 Å². The topological polar surface area (TPSA) is 64.7 Å². The standard InChI is InChI=1S/C11H14ClN5O/c1-3-13-10-5-4-8(12)9(15-10)6-17-11(18)16(2)7-14-17/h4-5,7H,3,6H2,1-2H3,(H,13,15). The summed E-state index contributed by atoms with van der Waals surface area (Å²) in [5.41, 5.74) is 0.428. The van der Waals surface area contributed by atoms with Gasteiger partial charge in [-0.05, 0) is 19.1 Å². The molecule has 2 aromatic heterocycles. The molecule has 0 aliphatic carbocycles. The van der Waals surface area contributed by atoms with Crippen molar-refractivity contribution >= 4 is 17.4 Å². The van der Waals surface area contributed by atoms with Crippen LogP contribution in [-0.4, -0.2) is 25.9 Å². The zero-order valence-corrected chi connectivity index (χ0v) is 11.0. The van der Waals surface area contributed by atoms with Gasteiger partial charge in [-0.3, -0.25) is 4.57 Å². The highest BCUT2D eigenvalue weighted by molar-refractivity contribution is 6.31. The Morgan fingerprint density at radius 1 is 1.44 bits per heavy atom. The van der Waals surface area contributed by atoms with Crippen LogP contribution < -0.4 is 11.0 Å². The number of anilines is 1. The quantitative estimate of drug-likeness (QED) is 0.901. The number of nitrogens with zero attached hydrogens (tertiary/aromatic N) is 4. The number of nitrogens with one attached hydrogen (secondary N) is 1. The summed E-state index contributed by atoms with van der Waals surface area (Å²) in [4.78, 5) is 16.0. The number of aromatic nitrogens is 4. The highest BCUT2D eigenvalue weighted by Gasteiger charge is 2.08. The van der Waals surface area contributed by atoms with Crippen LogP contribution in [0.4, 0.5) is 5.82 Å². The molecule has 2 heterocycles. The van der Waals surface area contributed by atoms with Crippen LogP contribution in [0.15, 0.2) is 23.3 Å². The minimum absolute atomic E-state index is 0.193. The van der Waals surface area contributed by atoms with Gasteiger partial charge in [0.1, 0.15) is 12.1 Å². The molecule has 18 heavy (non-hydrogen) atoms. The molecule has 0 spiro atoms. The zero-order valence-electron chi connectivity index (χ0n) is 10.2. The SMILES string of the molecule is CCNc1ccc(Cl)c(Cn2ncn(C)c2=O)n1. The maximum atomic E-state index is 11.7. The Morgan fingerprint density at radius 3 is 2.83 bits per heavy atom. The summed E-state index contributed by atoms with van der Waals surface area (Å²) in [5, 5.41) is 7.60. The average Bonchev–Trinajstić information content (AvgIpc) is 2.66. The van der Waals surface area contributed by atoms with E-state index in [1.807, 2.05) is 6.92 Å². The minimum atomic E-state index is -0.193. The van der Waals surface area contributed by atoms with Crippen molar-refractivity contribution < 1.29 is 0 Å². The van der Waals surface area contributed by atoms with E-state index in [0.717, 1.165) is 12.4 Å². The maximum Gasteiger partial charge on any atom is 0.345 e. The van der Waals surface area contributed by atoms with Crippen molar-refractivity contribution in [2.75, 3.05) is 11.9 Å². The Hall–Kier alpha value is -1.82. The summed E-state index contributed by atoms with van der Waals surface area (Å²) in [7, 11) is 1.65. The predicted octanol–water partition coefficient (Wildman–Crippen LogP) is 1.11. The first-order valence-electron chi connectivity index (χ1n) is 5.59. The summed E-state index contributed by atoms with van der Waals surface area (Å²) in [6.07, 6.45) is 1.46. The summed E-state index contributed by atoms with van der Waals surface area (Å²) in [5.74, 6) is 0.737. The van der Waals surface area contributed by atoms with E-state index < -0.39 is 0 Å². The molecule has 1 N–H and O–H groups in total. The van der Waals surface area contributed by atoms with Gasteiger partial charge in [0, 0.05) is 13.6 Å². The van der Waals surface area contributed by atoms with Crippen molar-refractivity contribution in [2.45, 2.75) is 13.5 Å². The molecule has 0 aromatic carbocycles. The van der Waals surface area contributed by atoms with Gasteiger partial charge in [-0.15, -0.1) is 0 Å². The lowest BCUT2D eigenvalue weighted by Crippen LogP contribution is -2.24. The van der Waals surface area contributed by atoms with Crippen LogP contribution in [0.5, 0.6) is 0 Å². The van der Waals surface area contributed by atoms with Crippen molar-refractivity contribution in [2.24, 2.45) is 7.05 Å². The van der Waals surface area contributed by atoms with Gasteiger partial charge < -0.3 is 5.32 Å². The molecule has 0 fully saturated rings. The Morgan fingerprint density at radius 2 is 2.22 bits per heavy atom. The van der Waals surface area contributed by atoms with Crippen LogP contribution in [-0.2, 0) is 13.6 Å². The van der Waals surface area contributed by atoms with Gasteiger partial charge in [0.05, 0.1) is 17.3 Å². The molecule has 0 atom stereocenters. The Bertz CT molecular complexity index is 604. The van der Waals surface area contributed by atoms with Crippen LogP contribution in [0.25, 0.3) is 0 Å². The van der Waals surface area contributed by atoms with E-state index in [-0.39, 0.29) is 12.2 Å². The number of pyridine rings is 1. The summed E-state index contributed by atoms with van der Waals surface area (Å²) >= 11 is 6.07. The molecule has 0 aliphatic heterocycles. The summed E-state index contributed by atoms with van der Waals surface area (Å²) in [6, 6.07) is 3.56. The minimum Gasteiger partial charge on any atom is -0.370 e. The number of aryl methyl sites for hydroxylation is 1. The molecule has 2 rings (SSSR count). The van der Waals surface area contributed by atoms with Gasteiger partial charge >= 0.3 is 5.69 Å². The molecule has 6 nitrogen and oxygen atoms in total. The monoisotopic (exact) mass is 267 g/mol. The van der Waals surface area contributed by atoms with Crippen LogP contribution in [0.2, 0.25) is 5.02 Å². The molecular formula is C11H14ClN5O. The second-order valence-corrected chi connectivity index (χ2v) is 4.24. The first-order chi connectivity index (χ1) is 8.61. The Labute approximate surface area is 109 Å². The third-order valence-corrected chi connectivity index (χ3v) is 2.81. The summed E-state index contributed by atoms with van der Waals surface area (Å²) < 4.78 is 2.73. The van der Waals surface area contributed by atoms with Gasteiger partial charge in [-0.2, -0.15) is 5.10 Å². The smallest absolute Gasteiger partial charge is 0.345 e. The van der Waals surface area contributed by atoms with Gasteiger partial charge in [0.2, 0.25) is 0 Å². The fourth-order valence-electron chi connectivity index (χ4n) is 1.55. The van der Waals surface area contributed by atoms with Gasteiger partial charge in [-0.1, -0.05) is 11.6 Å². The number of hydrogen-bond acceptors (Lipinski definition) is 4. The first kappa shape index (κ1) is 12.6. The second-order valence-electron chi connectivity index (χ2n) is 3.84. The fraction of sp³-hybridized carbons (Fsp3) is 0.364. The van der Waals surface area contributed by atoms with Crippen LogP contribution >= 0.6 is 11.6 Å². The molecule has 0 unspecified atom stereocenters. The van der Waals surface area contributed by atoms with E-state index in [2.05, 4.69) is 15.4 Å². The van der Waals surface area contributed by atoms with Crippen molar-refractivity contribution in [3.63, 3.8) is 0 Å². The van der Waals surface area contributed by atoms with Gasteiger partial charge in [0.15, 0.2) is 0 Å². The number of rotatable bonds is 4. The molecule has 0 amide bonds. The molecule has 2 aromatic rings. The Balaban J connectivity index is 2.30. The van der Waals surface area contributed by atoms with E-state index in [1.165, 1.54) is 15.6 Å². The van der Waals surface area contributed by atoms with Crippen LogP contribution in [0.3, 0.4) is 0 Å². The third kappa shape index (κ3) is 2.53. The van der Waals surface area contributed by atoms with E-state index in [9.17, 15) is 4.79 Å². The van der Waals surface area contributed by atoms with Crippen LogP contribution in [0, 0.1) is 0 Å². The lowest BCUT2D eigenvalue weighted by Gasteiger charge is -2.07. The molecule has 0 saturated carbocycles. The lowest BCUT2D eigenvalue weighted by atomic mass is 10.3. The van der Waals surface area contributed by atoms with Gasteiger partial charge in [-0.25, -0.2) is 14.5 Å². The number of hydrogen-bond donors (Lipinski definition) is 1. The Kier molecular flexibility index (Phi) is 3.66. The van der Waals surface area contributed by atoms with Crippen molar-refractivity contribution in [3.8, 4) is 0 Å². The second kappa shape index (κ2) is 5.22. The highest BCUT2D eigenvalue weighted by atomic mass is 35.5. The molecule has 0 radical (unpaired) electrons. The van der Waals surface area contributed by atoms with Crippen molar-refractivity contribution in [1.29, 1.82) is 0 Å².